The highest BCUT2D eigenvalue weighted by molar-refractivity contribution is 14.1. The van der Waals surface area contributed by atoms with Crippen LogP contribution in [0, 0.1) is 3.57 Å². The number of fused-ring (bicyclic) bond motifs is 3. The minimum atomic E-state index is -1.52. The monoisotopic (exact) mass is 407 g/mol. The Kier molecular flexibility index (Phi) is 3.48. The summed E-state index contributed by atoms with van der Waals surface area (Å²) in [5.74, 6) is 0. The minimum Gasteiger partial charge on any atom is -0.354 e. The van der Waals surface area contributed by atoms with Gasteiger partial charge in [-0.15, -0.1) is 0 Å². The molecule has 3 heteroatoms. The molecule has 0 radical (unpaired) electrons. The van der Waals surface area contributed by atoms with Crippen molar-refractivity contribution in [3.8, 4) is 0 Å². The van der Waals surface area contributed by atoms with Crippen LogP contribution in [0.5, 0.6) is 0 Å². The smallest absolute Gasteiger partial charge is 0.0874 e. The van der Waals surface area contributed by atoms with E-state index in [2.05, 4.69) is 97.8 Å². The average molecular weight is 407 g/mol. The van der Waals surface area contributed by atoms with E-state index in [-0.39, 0.29) is 0 Å². The first-order chi connectivity index (χ1) is 9.73. The van der Waals surface area contributed by atoms with Gasteiger partial charge in [0.05, 0.1) is 13.6 Å². The van der Waals surface area contributed by atoms with E-state index in [0.29, 0.717) is 5.04 Å². The van der Waals surface area contributed by atoms with E-state index in [1.54, 1.807) is 5.19 Å². The lowest BCUT2D eigenvalue weighted by molar-refractivity contribution is 0.729. The summed E-state index contributed by atoms with van der Waals surface area (Å²) >= 11 is 2.54. The van der Waals surface area contributed by atoms with Crippen LogP contribution in [0.2, 0.25) is 18.1 Å². The van der Waals surface area contributed by atoms with E-state index < -0.39 is 8.07 Å². The van der Waals surface area contributed by atoms with Gasteiger partial charge in [-0.2, -0.15) is 0 Å². The zero-order valence-electron chi connectivity index (χ0n) is 13.3. The molecule has 0 aliphatic rings. The van der Waals surface area contributed by atoms with Crippen molar-refractivity contribution in [1.82, 2.24) is 4.98 Å². The summed E-state index contributed by atoms with van der Waals surface area (Å²) in [6.45, 7) is 12.1. The SMILES string of the molecule is CC(C)(C)[Si](C)(C)c1ccc2c([nH]c3ccccc32)c1I. The van der Waals surface area contributed by atoms with Crippen LogP contribution in [-0.2, 0) is 0 Å². The van der Waals surface area contributed by atoms with Gasteiger partial charge < -0.3 is 4.98 Å². The van der Waals surface area contributed by atoms with Crippen LogP contribution >= 0.6 is 22.6 Å². The summed E-state index contributed by atoms with van der Waals surface area (Å²) in [6.07, 6.45) is 0. The molecule has 0 aliphatic carbocycles. The molecule has 0 amide bonds. The molecule has 0 saturated carbocycles. The number of nitrogens with one attached hydrogen (secondary N) is 1. The highest BCUT2D eigenvalue weighted by atomic mass is 127. The predicted molar refractivity (Wildman–Crippen MR) is 105 cm³/mol. The fraction of sp³-hybridized carbons (Fsp3) is 0.333. The van der Waals surface area contributed by atoms with Crippen molar-refractivity contribution in [2.24, 2.45) is 0 Å². The molecule has 1 aromatic heterocycles. The molecule has 3 aromatic rings. The van der Waals surface area contributed by atoms with E-state index >= 15 is 0 Å². The Morgan fingerprint density at radius 3 is 2.29 bits per heavy atom. The van der Waals surface area contributed by atoms with Gasteiger partial charge in [0.25, 0.3) is 0 Å². The molecule has 21 heavy (non-hydrogen) atoms. The number of halogens is 1. The van der Waals surface area contributed by atoms with Crippen LogP contribution in [0.1, 0.15) is 20.8 Å². The van der Waals surface area contributed by atoms with E-state index in [9.17, 15) is 0 Å². The number of H-pyrrole nitrogens is 1. The first kappa shape index (κ1) is 15.1. The fourth-order valence-electron chi connectivity index (χ4n) is 2.77. The molecule has 0 fully saturated rings. The average Bonchev–Trinajstić information content (AvgIpc) is 2.77. The molecule has 110 valence electrons. The molecule has 0 unspecified atom stereocenters. The highest BCUT2D eigenvalue weighted by Gasteiger charge is 2.38. The van der Waals surface area contributed by atoms with Gasteiger partial charge in [-0.3, -0.25) is 0 Å². The summed E-state index contributed by atoms with van der Waals surface area (Å²) in [4.78, 5) is 3.62. The molecule has 0 aliphatic heterocycles. The molecule has 0 bridgehead atoms. The lowest BCUT2D eigenvalue weighted by atomic mass is 10.1. The van der Waals surface area contributed by atoms with Gasteiger partial charge in [-0.05, 0) is 38.9 Å². The van der Waals surface area contributed by atoms with Crippen molar-refractivity contribution in [3.05, 3.63) is 40.0 Å². The van der Waals surface area contributed by atoms with Gasteiger partial charge in [-0.25, -0.2) is 0 Å². The van der Waals surface area contributed by atoms with Crippen LogP contribution in [0.4, 0.5) is 0 Å². The van der Waals surface area contributed by atoms with Crippen molar-refractivity contribution < 1.29 is 0 Å². The number of hydrogen-bond donors (Lipinski definition) is 1. The summed E-state index contributed by atoms with van der Waals surface area (Å²) in [6, 6.07) is 13.3. The molecule has 0 spiro atoms. The lowest BCUT2D eigenvalue weighted by Gasteiger charge is -2.38. The van der Waals surface area contributed by atoms with Crippen LogP contribution in [-0.4, -0.2) is 13.1 Å². The van der Waals surface area contributed by atoms with Crippen molar-refractivity contribution in [2.75, 3.05) is 0 Å². The molecular weight excluding hydrogens is 385 g/mol. The number of aromatic amines is 1. The third kappa shape index (κ3) is 2.25. The summed E-state index contributed by atoms with van der Waals surface area (Å²) in [7, 11) is -1.52. The zero-order valence-corrected chi connectivity index (χ0v) is 16.5. The second-order valence-electron chi connectivity index (χ2n) is 7.40. The van der Waals surface area contributed by atoms with Gasteiger partial charge in [0.15, 0.2) is 0 Å². The van der Waals surface area contributed by atoms with Crippen LogP contribution in [0.25, 0.3) is 21.8 Å². The Bertz CT molecular complexity index is 824. The number of aromatic nitrogens is 1. The third-order valence-electron chi connectivity index (χ3n) is 5.17. The Hall–Kier alpha value is -0.813. The van der Waals surface area contributed by atoms with E-state index in [1.807, 2.05) is 0 Å². The Morgan fingerprint density at radius 1 is 0.952 bits per heavy atom. The quantitative estimate of drug-likeness (QED) is 0.397. The number of benzene rings is 2. The normalized spacial score (nSPS) is 13.2. The van der Waals surface area contributed by atoms with Gasteiger partial charge in [0.1, 0.15) is 0 Å². The lowest BCUT2D eigenvalue weighted by Crippen LogP contribution is -2.50. The predicted octanol–water partition coefficient (Wildman–Crippen LogP) is 5.64. The standard InChI is InChI=1S/C18H22INSi/c1-18(2,3)21(4,5)15-11-10-13-12-8-6-7-9-14(12)20-17(13)16(15)19/h6-11,20H,1-5H3. The number of rotatable bonds is 1. The molecule has 0 atom stereocenters. The second kappa shape index (κ2) is 4.85. The topological polar surface area (TPSA) is 15.8 Å². The van der Waals surface area contributed by atoms with Crippen molar-refractivity contribution >= 4 is 57.7 Å². The first-order valence-electron chi connectivity index (χ1n) is 7.43. The largest absolute Gasteiger partial charge is 0.354 e. The maximum absolute atomic E-state index is 3.62. The second-order valence-corrected chi connectivity index (χ2v) is 13.8. The fourth-order valence-corrected chi connectivity index (χ4v) is 7.38. The maximum atomic E-state index is 3.62. The van der Waals surface area contributed by atoms with Crippen molar-refractivity contribution in [1.29, 1.82) is 0 Å². The van der Waals surface area contributed by atoms with Crippen LogP contribution in [0.3, 0.4) is 0 Å². The van der Waals surface area contributed by atoms with Gasteiger partial charge in [-0.1, -0.05) is 64.2 Å². The molecule has 0 saturated heterocycles. The summed E-state index contributed by atoms with van der Waals surface area (Å²) in [5, 5.41) is 4.59. The van der Waals surface area contributed by atoms with Gasteiger partial charge in [0, 0.05) is 19.9 Å². The first-order valence-corrected chi connectivity index (χ1v) is 11.5. The third-order valence-corrected chi connectivity index (χ3v) is 12.3. The maximum Gasteiger partial charge on any atom is 0.0874 e. The van der Waals surface area contributed by atoms with E-state index in [4.69, 9.17) is 0 Å². The number of para-hydroxylation sites is 1. The molecule has 2 aromatic carbocycles. The van der Waals surface area contributed by atoms with Crippen LogP contribution < -0.4 is 5.19 Å². The molecule has 3 rings (SSSR count). The summed E-state index contributed by atoms with van der Waals surface area (Å²) in [5.41, 5.74) is 2.54. The zero-order chi connectivity index (χ0) is 15.4. The summed E-state index contributed by atoms with van der Waals surface area (Å²) < 4.78 is 1.41. The number of hydrogen-bond acceptors (Lipinski definition) is 0. The Balaban J connectivity index is 2.33. The Morgan fingerprint density at radius 2 is 1.62 bits per heavy atom. The minimum absolute atomic E-state index is 0.354. The van der Waals surface area contributed by atoms with Crippen molar-refractivity contribution in [3.63, 3.8) is 0 Å². The molecule has 1 heterocycles. The Labute approximate surface area is 141 Å². The van der Waals surface area contributed by atoms with E-state index in [0.717, 1.165) is 0 Å². The molecule has 1 nitrogen and oxygen atoms in total. The van der Waals surface area contributed by atoms with Gasteiger partial charge in [0.2, 0.25) is 0 Å². The van der Waals surface area contributed by atoms with Crippen LogP contribution in [0.15, 0.2) is 36.4 Å². The van der Waals surface area contributed by atoms with E-state index in [1.165, 1.54) is 25.4 Å². The molecular formula is C18H22INSi. The van der Waals surface area contributed by atoms with Gasteiger partial charge >= 0.3 is 0 Å². The highest BCUT2D eigenvalue weighted by Crippen LogP contribution is 2.38. The van der Waals surface area contributed by atoms with Crippen molar-refractivity contribution in [2.45, 2.75) is 38.9 Å². The molecule has 1 N–H and O–H groups in total.